The summed E-state index contributed by atoms with van der Waals surface area (Å²) < 4.78 is 10.2. The van der Waals surface area contributed by atoms with Crippen molar-refractivity contribution in [1.82, 2.24) is 10.1 Å². The summed E-state index contributed by atoms with van der Waals surface area (Å²) in [4.78, 5) is 4.16. The Balaban J connectivity index is 2.42. The summed E-state index contributed by atoms with van der Waals surface area (Å²) in [7, 11) is 0. The third-order valence-electron chi connectivity index (χ3n) is 1.91. The van der Waals surface area contributed by atoms with Crippen LogP contribution in [0.3, 0.4) is 0 Å². The van der Waals surface area contributed by atoms with Gasteiger partial charge in [0.05, 0.1) is 6.07 Å². The largest absolute Gasteiger partial charge is 0.374 e. The van der Waals surface area contributed by atoms with Gasteiger partial charge in [-0.1, -0.05) is 12.1 Å². The summed E-state index contributed by atoms with van der Waals surface area (Å²) in [6, 6.07) is 2.11. The molecule has 1 heterocycles. The third kappa shape index (κ3) is 4.09. The first-order chi connectivity index (χ1) is 7.26. The number of nitriles is 1. The number of hydrogen-bond acceptors (Lipinski definition) is 5. The van der Waals surface area contributed by atoms with Gasteiger partial charge in [-0.2, -0.15) is 10.2 Å². The van der Waals surface area contributed by atoms with Gasteiger partial charge in [0.15, 0.2) is 5.82 Å². The molecule has 0 saturated carbocycles. The van der Waals surface area contributed by atoms with Gasteiger partial charge in [-0.25, -0.2) is 0 Å². The second-order valence-corrected chi connectivity index (χ2v) is 3.41. The fourth-order valence-electron chi connectivity index (χ4n) is 1.15. The van der Waals surface area contributed by atoms with E-state index >= 15 is 0 Å². The SMILES string of the molecule is CCOCc1noc(CC(C)CC#N)n1. The van der Waals surface area contributed by atoms with Crippen LogP contribution in [0.5, 0.6) is 0 Å². The number of rotatable bonds is 6. The minimum atomic E-state index is 0.246. The van der Waals surface area contributed by atoms with Crippen molar-refractivity contribution in [3.8, 4) is 6.07 Å². The molecular weight excluding hydrogens is 194 g/mol. The zero-order valence-electron chi connectivity index (χ0n) is 9.06. The van der Waals surface area contributed by atoms with Gasteiger partial charge in [-0.3, -0.25) is 0 Å². The van der Waals surface area contributed by atoms with Crippen LogP contribution >= 0.6 is 0 Å². The molecule has 0 spiro atoms. The average Bonchev–Trinajstić information content (AvgIpc) is 2.63. The maximum Gasteiger partial charge on any atom is 0.227 e. The molecule has 1 unspecified atom stereocenters. The maximum atomic E-state index is 8.50. The first-order valence-corrected chi connectivity index (χ1v) is 5.02. The topological polar surface area (TPSA) is 71.9 Å². The van der Waals surface area contributed by atoms with Crippen LogP contribution in [0, 0.1) is 17.2 Å². The number of aromatic nitrogens is 2. The van der Waals surface area contributed by atoms with Crippen LogP contribution in [-0.2, 0) is 17.8 Å². The van der Waals surface area contributed by atoms with Gasteiger partial charge in [0.1, 0.15) is 6.61 Å². The molecule has 0 aliphatic rings. The van der Waals surface area contributed by atoms with Crippen LogP contribution in [-0.4, -0.2) is 16.7 Å². The van der Waals surface area contributed by atoms with Gasteiger partial charge in [0, 0.05) is 19.4 Å². The Morgan fingerprint density at radius 3 is 3.07 bits per heavy atom. The standard InChI is InChI=1S/C10H15N3O2/c1-3-14-7-9-12-10(15-13-9)6-8(2)4-5-11/h8H,3-4,6-7H2,1-2H3. The van der Waals surface area contributed by atoms with Crippen LogP contribution in [0.2, 0.25) is 0 Å². The first-order valence-electron chi connectivity index (χ1n) is 5.02. The van der Waals surface area contributed by atoms with E-state index in [0.29, 0.717) is 37.8 Å². The highest BCUT2D eigenvalue weighted by molar-refractivity contribution is 4.87. The molecule has 0 saturated heterocycles. The lowest BCUT2D eigenvalue weighted by Gasteiger charge is -2.00. The monoisotopic (exact) mass is 209 g/mol. The lowest BCUT2D eigenvalue weighted by Crippen LogP contribution is -1.99. The predicted molar refractivity (Wildman–Crippen MR) is 52.7 cm³/mol. The number of ether oxygens (including phenoxy) is 1. The van der Waals surface area contributed by atoms with E-state index in [1.165, 1.54) is 0 Å². The fraction of sp³-hybridized carbons (Fsp3) is 0.700. The lowest BCUT2D eigenvalue weighted by atomic mass is 10.1. The molecule has 0 aromatic carbocycles. The molecule has 0 N–H and O–H groups in total. The normalized spacial score (nSPS) is 12.3. The van der Waals surface area contributed by atoms with E-state index in [4.69, 9.17) is 14.5 Å². The Hall–Kier alpha value is -1.41. The van der Waals surface area contributed by atoms with Crippen molar-refractivity contribution < 1.29 is 9.26 Å². The molecule has 1 atom stereocenters. The summed E-state index contributed by atoms with van der Waals surface area (Å²) in [6.07, 6.45) is 1.15. The van der Waals surface area contributed by atoms with Gasteiger partial charge in [-0.05, 0) is 12.8 Å². The second-order valence-electron chi connectivity index (χ2n) is 3.41. The number of nitrogens with zero attached hydrogens (tertiary/aromatic N) is 3. The van der Waals surface area contributed by atoms with Crippen molar-refractivity contribution in [2.24, 2.45) is 5.92 Å². The minimum Gasteiger partial charge on any atom is -0.374 e. The summed E-state index contributed by atoms with van der Waals surface area (Å²) in [5.74, 6) is 1.39. The van der Waals surface area contributed by atoms with E-state index in [0.717, 1.165) is 0 Å². The molecule has 15 heavy (non-hydrogen) atoms. The lowest BCUT2D eigenvalue weighted by molar-refractivity contribution is 0.126. The van der Waals surface area contributed by atoms with E-state index in [1.807, 2.05) is 13.8 Å². The van der Waals surface area contributed by atoms with Crippen molar-refractivity contribution in [3.05, 3.63) is 11.7 Å². The summed E-state index contributed by atoms with van der Waals surface area (Å²) in [5, 5.41) is 12.3. The Kier molecular flexibility index (Phi) is 4.78. The van der Waals surface area contributed by atoms with Gasteiger partial charge in [0.25, 0.3) is 0 Å². The molecule has 5 heteroatoms. The Morgan fingerprint density at radius 1 is 1.60 bits per heavy atom. The van der Waals surface area contributed by atoms with Crippen LogP contribution in [0.25, 0.3) is 0 Å². The molecule has 5 nitrogen and oxygen atoms in total. The molecule has 1 aromatic heterocycles. The highest BCUT2D eigenvalue weighted by Gasteiger charge is 2.10. The van der Waals surface area contributed by atoms with Crippen molar-refractivity contribution in [3.63, 3.8) is 0 Å². The van der Waals surface area contributed by atoms with E-state index in [-0.39, 0.29) is 5.92 Å². The molecule has 1 aromatic rings. The summed E-state index contributed by atoms with van der Waals surface area (Å²) in [6.45, 7) is 4.91. The van der Waals surface area contributed by atoms with E-state index in [1.54, 1.807) is 0 Å². The quantitative estimate of drug-likeness (QED) is 0.713. The molecule has 0 bridgehead atoms. The van der Waals surface area contributed by atoms with Crippen molar-refractivity contribution in [1.29, 1.82) is 5.26 Å². The second kappa shape index (κ2) is 6.14. The molecule has 0 aliphatic carbocycles. The zero-order chi connectivity index (χ0) is 11.1. The van der Waals surface area contributed by atoms with Gasteiger partial charge in [0.2, 0.25) is 5.89 Å². The Labute approximate surface area is 89.0 Å². The molecule has 82 valence electrons. The molecule has 0 amide bonds. The van der Waals surface area contributed by atoms with Gasteiger partial charge < -0.3 is 9.26 Å². The Morgan fingerprint density at radius 2 is 2.40 bits per heavy atom. The van der Waals surface area contributed by atoms with Crippen molar-refractivity contribution >= 4 is 0 Å². The van der Waals surface area contributed by atoms with Crippen molar-refractivity contribution in [2.45, 2.75) is 33.3 Å². The van der Waals surface area contributed by atoms with Crippen molar-refractivity contribution in [2.75, 3.05) is 6.61 Å². The molecule has 0 fully saturated rings. The summed E-state index contributed by atoms with van der Waals surface area (Å²) in [5.41, 5.74) is 0. The van der Waals surface area contributed by atoms with Gasteiger partial charge >= 0.3 is 0 Å². The first kappa shape index (κ1) is 11.7. The van der Waals surface area contributed by atoms with E-state index < -0.39 is 0 Å². The van der Waals surface area contributed by atoms with Crippen LogP contribution in [0.15, 0.2) is 4.52 Å². The Bertz CT molecular complexity index is 330. The fourth-order valence-corrected chi connectivity index (χ4v) is 1.15. The highest BCUT2D eigenvalue weighted by Crippen LogP contribution is 2.09. The smallest absolute Gasteiger partial charge is 0.227 e. The molecular formula is C10H15N3O2. The van der Waals surface area contributed by atoms with Crippen LogP contribution in [0.4, 0.5) is 0 Å². The van der Waals surface area contributed by atoms with E-state index in [2.05, 4.69) is 16.2 Å². The summed E-state index contributed by atoms with van der Waals surface area (Å²) >= 11 is 0. The van der Waals surface area contributed by atoms with Crippen LogP contribution in [0.1, 0.15) is 32.0 Å². The minimum absolute atomic E-state index is 0.246. The van der Waals surface area contributed by atoms with Crippen LogP contribution < -0.4 is 0 Å². The van der Waals surface area contributed by atoms with Gasteiger partial charge in [-0.15, -0.1) is 0 Å². The van der Waals surface area contributed by atoms with E-state index in [9.17, 15) is 0 Å². The zero-order valence-corrected chi connectivity index (χ0v) is 9.06. The average molecular weight is 209 g/mol. The third-order valence-corrected chi connectivity index (χ3v) is 1.91. The highest BCUT2D eigenvalue weighted by atomic mass is 16.5. The molecule has 0 aliphatic heterocycles. The maximum absolute atomic E-state index is 8.50. The number of hydrogen-bond donors (Lipinski definition) is 0. The molecule has 0 radical (unpaired) electrons. The molecule has 1 rings (SSSR count). The predicted octanol–water partition coefficient (Wildman–Crippen LogP) is 1.70.